The first kappa shape index (κ1) is 18.0. The summed E-state index contributed by atoms with van der Waals surface area (Å²) in [5.74, 6) is 0.0347. The first-order valence-electron chi connectivity index (χ1n) is 8.42. The molecule has 5 nitrogen and oxygen atoms in total. The first-order chi connectivity index (χ1) is 12.6. The Morgan fingerprint density at radius 1 is 1.15 bits per heavy atom. The summed E-state index contributed by atoms with van der Waals surface area (Å²) < 4.78 is 7.26. The van der Waals surface area contributed by atoms with Gasteiger partial charge in [-0.25, -0.2) is 4.68 Å². The highest BCUT2D eigenvalue weighted by molar-refractivity contribution is 6.31. The summed E-state index contributed by atoms with van der Waals surface area (Å²) in [5, 5.41) is 7.54. The fourth-order valence-corrected chi connectivity index (χ4v) is 2.64. The highest BCUT2D eigenvalue weighted by atomic mass is 35.5. The molecule has 0 radical (unpaired) electrons. The van der Waals surface area contributed by atoms with E-state index in [4.69, 9.17) is 16.3 Å². The Hall–Kier alpha value is -2.79. The van der Waals surface area contributed by atoms with Crippen molar-refractivity contribution in [1.82, 2.24) is 15.1 Å². The minimum Gasteiger partial charge on any atom is -0.462 e. The van der Waals surface area contributed by atoms with Gasteiger partial charge in [0.15, 0.2) is 6.10 Å². The predicted molar refractivity (Wildman–Crippen MR) is 102 cm³/mol. The van der Waals surface area contributed by atoms with Crippen LogP contribution >= 0.6 is 11.6 Å². The summed E-state index contributed by atoms with van der Waals surface area (Å²) in [4.78, 5) is 12.2. The largest absolute Gasteiger partial charge is 0.462 e. The van der Waals surface area contributed by atoms with Crippen LogP contribution in [0.3, 0.4) is 0 Å². The number of amides is 1. The van der Waals surface area contributed by atoms with E-state index < -0.39 is 6.10 Å². The number of carbonyl (C=O) groups excluding carboxylic acids is 1. The topological polar surface area (TPSA) is 56.2 Å². The summed E-state index contributed by atoms with van der Waals surface area (Å²) in [7, 11) is 0. The quantitative estimate of drug-likeness (QED) is 0.691. The van der Waals surface area contributed by atoms with Crippen molar-refractivity contribution in [3.63, 3.8) is 0 Å². The summed E-state index contributed by atoms with van der Waals surface area (Å²) in [6.45, 7) is 2.22. The fourth-order valence-electron chi connectivity index (χ4n) is 2.47. The molecule has 3 rings (SSSR count). The number of nitrogens with one attached hydrogen (secondary N) is 1. The number of carbonyl (C=O) groups is 1. The molecule has 134 valence electrons. The average molecular weight is 370 g/mol. The van der Waals surface area contributed by atoms with Crippen LogP contribution in [0.2, 0.25) is 5.02 Å². The van der Waals surface area contributed by atoms with E-state index in [2.05, 4.69) is 10.4 Å². The monoisotopic (exact) mass is 369 g/mol. The van der Waals surface area contributed by atoms with Gasteiger partial charge in [-0.3, -0.25) is 4.79 Å². The van der Waals surface area contributed by atoms with E-state index >= 15 is 0 Å². The number of hydrogen-bond donors (Lipinski definition) is 1. The van der Waals surface area contributed by atoms with Crippen molar-refractivity contribution in [1.29, 1.82) is 0 Å². The van der Waals surface area contributed by atoms with E-state index in [0.717, 1.165) is 12.1 Å². The molecule has 3 aromatic rings. The second-order valence-corrected chi connectivity index (χ2v) is 6.26. The molecule has 1 atom stereocenters. The van der Waals surface area contributed by atoms with Crippen molar-refractivity contribution in [2.75, 3.05) is 6.54 Å². The van der Waals surface area contributed by atoms with Crippen molar-refractivity contribution < 1.29 is 9.53 Å². The van der Waals surface area contributed by atoms with Crippen LogP contribution in [0.15, 0.2) is 66.9 Å². The molecule has 0 aliphatic heterocycles. The minimum atomic E-state index is -0.692. The normalized spacial score (nSPS) is 11.8. The van der Waals surface area contributed by atoms with Crippen molar-refractivity contribution in [2.24, 2.45) is 0 Å². The molecule has 1 heterocycles. The SMILES string of the molecule is CC(Oc1nn(-c2ccccc2)cc1Cl)C(=O)NCCc1ccccc1. The first-order valence-corrected chi connectivity index (χ1v) is 8.80. The summed E-state index contributed by atoms with van der Waals surface area (Å²) in [5.41, 5.74) is 2.04. The molecule has 26 heavy (non-hydrogen) atoms. The fraction of sp³-hybridized carbons (Fsp3) is 0.200. The number of para-hydroxylation sites is 1. The Morgan fingerprint density at radius 3 is 2.50 bits per heavy atom. The van der Waals surface area contributed by atoms with Crippen LogP contribution in [0.4, 0.5) is 0 Å². The van der Waals surface area contributed by atoms with Crippen molar-refractivity contribution in [3.05, 3.63) is 77.4 Å². The van der Waals surface area contributed by atoms with E-state index in [0.29, 0.717) is 11.6 Å². The molecule has 1 aromatic heterocycles. The lowest BCUT2D eigenvalue weighted by Crippen LogP contribution is -2.37. The number of hydrogen-bond acceptors (Lipinski definition) is 3. The second kappa shape index (κ2) is 8.54. The van der Waals surface area contributed by atoms with Crippen LogP contribution in [-0.4, -0.2) is 28.3 Å². The van der Waals surface area contributed by atoms with Crippen molar-refractivity contribution in [3.8, 4) is 11.6 Å². The van der Waals surface area contributed by atoms with Gasteiger partial charge in [0.05, 0.1) is 11.9 Å². The van der Waals surface area contributed by atoms with Crippen LogP contribution < -0.4 is 10.1 Å². The van der Waals surface area contributed by atoms with Crippen LogP contribution in [0.5, 0.6) is 5.88 Å². The van der Waals surface area contributed by atoms with Gasteiger partial charge < -0.3 is 10.1 Å². The number of rotatable bonds is 7. The molecular formula is C20H20ClN3O2. The molecule has 0 bridgehead atoms. The van der Waals surface area contributed by atoms with Gasteiger partial charge in [-0.2, -0.15) is 0 Å². The number of aromatic nitrogens is 2. The van der Waals surface area contributed by atoms with Crippen molar-refractivity contribution in [2.45, 2.75) is 19.4 Å². The van der Waals surface area contributed by atoms with E-state index in [1.165, 1.54) is 5.56 Å². The molecular weight excluding hydrogens is 350 g/mol. The number of ether oxygens (including phenoxy) is 1. The molecule has 0 saturated heterocycles. The van der Waals surface area contributed by atoms with Gasteiger partial charge in [0.2, 0.25) is 0 Å². The van der Waals surface area contributed by atoms with Gasteiger partial charge in [-0.1, -0.05) is 60.1 Å². The van der Waals surface area contributed by atoms with Crippen LogP contribution in [-0.2, 0) is 11.2 Å². The lowest BCUT2D eigenvalue weighted by Gasteiger charge is -2.13. The van der Waals surface area contributed by atoms with Gasteiger partial charge >= 0.3 is 0 Å². The third-order valence-electron chi connectivity index (χ3n) is 3.87. The van der Waals surface area contributed by atoms with Crippen LogP contribution in [0.1, 0.15) is 12.5 Å². The molecule has 0 fully saturated rings. The third kappa shape index (κ3) is 4.64. The van der Waals surface area contributed by atoms with Crippen LogP contribution in [0.25, 0.3) is 5.69 Å². The van der Waals surface area contributed by atoms with Gasteiger partial charge in [0.1, 0.15) is 5.02 Å². The maximum atomic E-state index is 12.2. The summed E-state index contributed by atoms with van der Waals surface area (Å²) >= 11 is 6.19. The molecule has 1 unspecified atom stereocenters. The highest BCUT2D eigenvalue weighted by Gasteiger charge is 2.18. The zero-order chi connectivity index (χ0) is 18.4. The summed E-state index contributed by atoms with van der Waals surface area (Å²) in [6, 6.07) is 19.6. The molecule has 2 aromatic carbocycles. The number of benzene rings is 2. The smallest absolute Gasteiger partial charge is 0.260 e. The number of halogens is 1. The molecule has 6 heteroatoms. The van der Waals surface area contributed by atoms with Gasteiger partial charge in [0, 0.05) is 6.54 Å². The summed E-state index contributed by atoms with van der Waals surface area (Å²) in [6.07, 6.45) is 1.73. The van der Waals surface area contributed by atoms with E-state index in [9.17, 15) is 4.79 Å². The molecule has 1 amide bonds. The second-order valence-electron chi connectivity index (χ2n) is 5.85. The Bertz CT molecular complexity index is 850. The molecule has 0 aliphatic carbocycles. The van der Waals surface area contributed by atoms with Gasteiger partial charge in [0.25, 0.3) is 11.8 Å². The molecule has 0 saturated carbocycles. The zero-order valence-electron chi connectivity index (χ0n) is 14.4. The third-order valence-corrected chi connectivity index (χ3v) is 4.13. The number of nitrogens with zero attached hydrogens (tertiary/aromatic N) is 2. The Kier molecular flexibility index (Phi) is 5.92. The molecule has 1 N–H and O–H groups in total. The molecule has 0 spiro atoms. The predicted octanol–water partition coefficient (Wildman–Crippen LogP) is 3.65. The maximum absolute atomic E-state index is 12.2. The Morgan fingerprint density at radius 2 is 1.81 bits per heavy atom. The maximum Gasteiger partial charge on any atom is 0.260 e. The van der Waals surface area contributed by atoms with E-state index in [-0.39, 0.29) is 11.8 Å². The van der Waals surface area contributed by atoms with E-state index in [1.54, 1.807) is 17.8 Å². The highest BCUT2D eigenvalue weighted by Crippen LogP contribution is 2.24. The van der Waals surface area contributed by atoms with E-state index in [1.807, 2.05) is 60.7 Å². The Balaban J connectivity index is 1.55. The van der Waals surface area contributed by atoms with Crippen LogP contribution in [0, 0.1) is 0 Å². The average Bonchev–Trinajstić information content (AvgIpc) is 3.03. The zero-order valence-corrected chi connectivity index (χ0v) is 15.2. The van der Waals surface area contributed by atoms with Crippen molar-refractivity contribution >= 4 is 17.5 Å². The van der Waals surface area contributed by atoms with Gasteiger partial charge in [-0.05, 0) is 31.0 Å². The standard InChI is InChI=1S/C20H20ClN3O2/c1-15(19(25)22-13-12-16-8-4-2-5-9-16)26-20-18(21)14-24(23-20)17-10-6-3-7-11-17/h2-11,14-15H,12-13H2,1H3,(H,22,25). The lowest BCUT2D eigenvalue weighted by molar-refractivity contribution is -0.127. The lowest BCUT2D eigenvalue weighted by atomic mass is 10.1. The Labute approximate surface area is 157 Å². The molecule has 0 aliphatic rings. The van der Waals surface area contributed by atoms with Gasteiger partial charge in [-0.15, -0.1) is 5.10 Å². The minimum absolute atomic E-state index is 0.203.